The van der Waals surface area contributed by atoms with Gasteiger partial charge in [0.1, 0.15) is 0 Å². The fourth-order valence-corrected chi connectivity index (χ4v) is 5.04. The molecule has 6 heteroatoms. The van der Waals surface area contributed by atoms with Gasteiger partial charge in [-0.1, -0.05) is 48.0 Å². The Labute approximate surface area is 186 Å². The highest BCUT2D eigenvalue weighted by molar-refractivity contribution is 7.10. The maximum atomic E-state index is 13.3. The van der Waals surface area contributed by atoms with Crippen LogP contribution in [0.3, 0.4) is 0 Å². The van der Waals surface area contributed by atoms with Gasteiger partial charge in [-0.2, -0.15) is 0 Å². The van der Waals surface area contributed by atoms with Gasteiger partial charge in [0.2, 0.25) is 11.8 Å². The van der Waals surface area contributed by atoms with Crippen molar-refractivity contribution in [3.8, 4) is 0 Å². The molecule has 1 fully saturated rings. The summed E-state index contributed by atoms with van der Waals surface area (Å²) in [6.45, 7) is 2.30. The lowest BCUT2D eigenvalue weighted by Crippen LogP contribution is -2.48. The highest BCUT2D eigenvalue weighted by Gasteiger charge is 2.41. The number of benzene rings is 2. The van der Waals surface area contributed by atoms with Crippen LogP contribution in [0.1, 0.15) is 40.5 Å². The number of nitrogens with zero attached hydrogens (tertiary/aromatic N) is 1. The number of aliphatic hydroxyl groups is 1. The van der Waals surface area contributed by atoms with Crippen molar-refractivity contribution >= 4 is 28.8 Å². The summed E-state index contributed by atoms with van der Waals surface area (Å²) in [5.74, 6) is -0.383. The number of amides is 2. The minimum atomic E-state index is -0.348. The molecule has 2 atom stereocenters. The van der Waals surface area contributed by atoms with Gasteiger partial charge in [-0.3, -0.25) is 9.59 Å². The molecule has 0 aliphatic carbocycles. The zero-order valence-electron chi connectivity index (χ0n) is 17.5. The van der Waals surface area contributed by atoms with Crippen molar-refractivity contribution in [1.82, 2.24) is 5.32 Å². The standard InChI is InChI=1S/C25H26N2O3S/c1-17-8-10-20(11-9-17)27-23(29)13-12-21(24(27)22-7-4-14-31-22)25(30)26-15-18-5-2-3-6-19(18)16-28/h2-11,14,21,24,28H,12-13,15-16H2,1H3,(H,26,30)/t21-,24+/m1/s1. The number of piperidine rings is 1. The summed E-state index contributed by atoms with van der Waals surface area (Å²) in [7, 11) is 0. The smallest absolute Gasteiger partial charge is 0.227 e. The van der Waals surface area contributed by atoms with E-state index >= 15 is 0 Å². The van der Waals surface area contributed by atoms with E-state index in [0.29, 0.717) is 19.4 Å². The Morgan fingerprint density at radius 1 is 1.10 bits per heavy atom. The van der Waals surface area contributed by atoms with Crippen LogP contribution in [0, 0.1) is 12.8 Å². The Balaban J connectivity index is 1.61. The van der Waals surface area contributed by atoms with E-state index in [9.17, 15) is 14.7 Å². The van der Waals surface area contributed by atoms with Crippen molar-refractivity contribution < 1.29 is 14.7 Å². The molecule has 5 nitrogen and oxygen atoms in total. The third kappa shape index (κ3) is 4.55. The maximum absolute atomic E-state index is 13.3. The Kier molecular flexibility index (Phi) is 6.49. The number of carbonyl (C=O) groups is 2. The predicted molar refractivity (Wildman–Crippen MR) is 123 cm³/mol. The van der Waals surface area contributed by atoms with Crippen LogP contribution < -0.4 is 10.2 Å². The zero-order chi connectivity index (χ0) is 21.8. The van der Waals surface area contributed by atoms with Gasteiger partial charge in [0.25, 0.3) is 0 Å². The molecule has 1 aliphatic heterocycles. The molecule has 1 saturated heterocycles. The monoisotopic (exact) mass is 434 g/mol. The molecule has 1 aliphatic rings. The Hall–Kier alpha value is -2.96. The molecule has 4 rings (SSSR count). The molecule has 0 saturated carbocycles. The first-order chi connectivity index (χ1) is 15.1. The molecular weight excluding hydrogens is 408 g/mol. The van der Waals surface area contributed by atoms with Gasteiger partial charge in [0.05, 0.1) is 18.6 Å². The molecule has 2 amide bonds. The van der Waals surface area contributed by atoms with Gasteiger partial charge < -0.3 is 15.3 Å². The Morgan fingerprint density at radius 2 is 1.84 bits per heavy atom. The zero-order valence-corrected chi connectivity index (χ0v) is 18.3. The van der Waals surface area contributed by atoms with Crippen molar-refractivity contribution in [2.75, 3.05) is 4.90 Å². The summed E-state index contributed by atoms with van der Waals surface area (Å²) < 4.78 is 0. The van der Waals surface area contributed by atoms with Crippen molar-refractivity contribution in [2.45, 2.75) is 39.0 Å². The largest absolute Gasteiger partial charge is 0.392 e. The summed E-state index contributed by atoms with van der Waals surface area (Å²) >= 11 is 1.57. The minimum absolute atomic E-state index is 0.0388. The van der Waals surface area contributed by atoms with Crippen molar-refractivity contribution in [3.05, 3.63) is 87.6 Å². The summed E-state index contributed by atoms with van der Waals surface area (Å²) in [5, 5.41) is 14.6. The number of aryl methyl sites for hydroxylation is 1. The van der Waals surface area contributed by atoms with Crippen LogP contribution in [0.15, 0.2) is 66.0 Å². The second-order valence-electron chi connectivity index (χ2n) is 7.85. The third-order valence-corrected chi connectivity index (χ3v) is 6.77. The van der Waals surface area contributed by atoms with Crippen LogP contribution in [0.5, 0.6) is 0 Å². The highest BCUT2D eigenvalue weighted by atomic mass is 32.1. The van der Waals surface area contributed by atoms with Gasteiger partial charge in [0.15, 0.2) is 0 Å². The van der Waals surface area contributed by atoms with E-state index in [2.05, 4.69) is 5.32 Å². The molecule has 1 aromatic heterocycles. The number of thiophene rings is 1. The molecule has 160 valence electrons. The highest BCUT2D eigenvalue weighted by Crippen LogP contribution is 2.41. The third-order valence-electron chi connectivity index (χ3n) is 5.82. The van der Waals surface area contributed by atoms with Crippen LogP contribution >= 0.6 is 11.3 Å². The molecule has 2 aromatic carbocycles. The number of nitrogens with one attached hydrogen (secondary N) is 1. The van der Waals surface area contributed by atoms with Crippen LogP contribution in [-0.2, 0) is 22.7 Å². The summed E-state index contributed by atoms with van der Waals surface area (Å²) in [6, 6.07) is 19.0. The molecule has 31 heavy (non-hydrogen) atoms. The number of hydrogen-bond acceptors (Lipinski definition) is 4. The fourth-order valence-electron chi connectivity index (χ4n) is 4.16. The lowest BCUT2D eigenvalue weighted by atomic mass is 9.86. The summed E-state index contributed by atoms with van der Waals surface area (Å²) in [4.78, 5) is 29.1. The van der Waals surface area contributed by atoms with E-state index in [0.717, 1.165) is 27.3 Å². The predicted octanol–water partition coefficient (Wildman–Crippen LogP) is 4.35. The van der Waals surface area contributed by atoms with Crippen LogP contribution in [0.2, 0.25) is 0 Å². The second kappa shape index (κ2) is 9.45. The fraction of sp³-hybridized carbons (Fsp3) is 0.280. The Morgan fingerprint density at radius 3 is 2.52 bits per heavy atom. The number of aliphatic hydroxyl groups excluding tert-OH is 1. The molecule has 0 radical (unpaired) electrons. The number of hydrogen-bond donors (Lipinski definition) is 2. The first-order valence-corrected chi connectivity index (χ1v) is 11.3. The van der Waals surface area contributed by atoms with Crippen LogP contribution in [-0.4, -0.2) is 16.9 Å². The molecule has 0 unspecified atom stereocenters. The van der Waals surface area contributed by atoms with Gasteiger partial charge in [-0.15, -0.1) is 11.3 Å². The van der Waals surface area contributed by atoms with E-state index in [1.54, 1.807) is 16.2 Å². The topological polar surface area (TPSA) is 69.6 Å². The van der Waals surface area contributed by atoms with E-state index < -0.39 is 0 Å². The van der Waals surface area contributed by atoms with Gasteiger partial charge in [-0.05, 0) is 48.1 Å². The van der Waals surface area contributed by atoms with E-state index in [1.807, 2.05) is 73.0 Å². The molecule has 0 spiro atoms. The van der Waals surface area contributed by atoms with E-state index in [4.69, 9.17) is 0 Å². The molecule has 2 heterocycles. The first kappa shape index (κ1) is 21.3. The van der Waals surface area contributed by atoms with Gasteiger partial charge in [-0.25, -0.2) is 0 Å². The lowest BCUT2D eigenvalue weighted by Gasteiger charge is -2.40. The minimum Gasteiger partial charge on any atom is -0.392 e. The summed E-state index contributed by atoms with van der Waals surface area (Å²) in [6.07, 6.45) is 0.846. The van der Waals surface area contributed by atoms with Crippen LogP contribution in [0.4, 0.5) is 5.69 Å². The van der Waals surface area contributed by atoms with E-state index in [-0.39, 0.29) is 30.4 Å². The van der Waals surface area contributed by atoms with Crippen molar-refractivity contribution in [2.24, 2.45) is 5.92 Å². The molecule has 2 N–H and O–H groups in total. The maximum Gasteiger partial charge on any atom is 0.227 e. The van der Waals surface area contributed by atoms with Crippen molar-refractivity contribution in [1.29, 1.82) is 0 Å². The van der Waals surface area contributed by atoms with E-state index in [1.165, 1.54) is 0 Å². The average molecular weight is 435 g/mol. The summed E-state index contributed by atoms with van der Waals surface area (Å²) in [5.41, 5.74) is 3.64. The Bertz CT molecular complexity index is 1050. The normalized spacial score (nSPS) is 18.8. The molecular formula is C25H26N2O3S. The number of anilines is 1. The SMILES string of the molecule is Cc1ccc(N2C(=O)CC[C@@H](C(=O)NCc3ccccc3CO)[C@H]2c2cccs2)cc1. The first-order valence-electron chi connectivity index (χ1n) is 10.5. The molecule has 3 aromatic rings. The van der Waals surface area contributed by atoms with Crippen molar-refractivity contribution in [3.63, 3.8) is 0 Å². The molecule has 0 bridgehead atoms. The van der Waals surface area contributed by atoms with Gasteiger partial charge in [0, 0.05) is 23.5 Å². The average Bonchev–Trinajstić information content (AvgIpc) is 3.33. The number of rotatable bonds is 6. The lowest BCUT2D eigenvalue weighted by molar-refractivity contribution is -0.129. The van der Waals surface area contributed by atoms with Gasteiger partial charge >= 0.3 is 0 Å². The quantitative estimate of drug-likeness (QED) is 0.606. The second-order valence-corrected chi connectivity index (χ2v) is 8.83. The number of carbonyl (C=O) groups excluding carboxylic acids is 2. The van der Waals surface area contributed by atoms with Crippen LogP contribution in [0.25, 0.3) is 0 Å².